The summed E-state index contributed by atoms with van der Waals surface area (Å²) in [5, 5.41) is 10.5. The lowest BCUT2D eigenvalue weighted by Crippen LogP contribution is -2.43. The number of hydrogen-bond donors (Lipinski definition) is 0. The summed E-state index contributed by atoms with van der Waals surface area (Å²) in [4.78, 5) is 40.6. The number of aryl methyl sites for hydroxylation is 1. The molecule has 2 aliphatic rings. The Morgan fingerprint density at radius 1 is 1.14 bits per heavy atom. The molecule has 4 rings (SSSR count). The molecule has 2 aliphatic heterocycles. The van der Waals surface area contributed by atoms with Gasteiger partial charge in [0.15, 0.2) is 0 Å². The molecule has 1 aromatic heterocycles. The molecule has 7 heteroatoms. The summed E-state index contributed by atoms with van der Waals surface area (Å²) in [6.45, 7) is 1.67. The summed E-state index contributed by atoms with van der Waals surface area (Å²) in [7, 11) is 1.67. The predicted octanol–water partition coefficient (Wildman–Crippen LogP) is 1.78. The Kier molecular flexibility index (Phi) is 4.63. The molecule has 2 saturated heterocycles. The molecule has 2 amide bonds. The summed E-state index contributed by atoms with van der Waals surface area (Å²) in [6.07, 6.45) is 2.41. The van der Waals surface area contributed by atoms with E-state index in [1.807, 2.05) is 29.2 Å². The molecule has 3 heterocycles. The number of carbonyl (C=O) groups is 2. The van der Waals surface area contributed by atoms with Crippen molar-refractivity contribution in [3.63, 3.8) is 0 Å². The molecule has 144 valence electrons. The first-order valence-electron chi connectivity index (χ1n) is 9.64. The average Bonchev–Trinajstić information content (AvgIpc) is 3.16. The van der Waals surface area contributed by atoms with Crippen molar-refractivity contribution in [2.24, 2.45) is 13.0 Å². The van der Waals surface area contributed by atoms with Gasteiger partial charge in [0.2, 0.25) is 11.8 Å². The molecule has 2 aromatic rings. The number of para-hydroxylation sites is 1. The van der Waals surface area contributed by atoms with E-state index in [0.29, 0.717) is 44.6 Å². The number of benzene rings is 1. The first kappa shape index (κ1) is 18.2. The van der Waals surface area contributed by atoms with Gasteiger partial charge in [-0.2, -0.15) is 5.26 Å². The van der Waals surface area contributed by atoms with Crippen LogP contribution in [0, 0.1) is 17.2 Å². The van der Waals surface area contributed by atoms with Crippen LogP contribution in [0.2, 0.25) is 0 Å². The maximum absolute atomic E-state index is 12.7. The van der Waals surface area contributed by atoms with E-state index in [1.54, 1.807) is 7.05 Å². The number of aromatic nitrogens is 1. The summed E-state index contributed by atoms with van der Waals surface area (Å²) >= 11 is 0. The van der Waals surface area contributed by atoms with Gasteiger partial charge in [0.05, 0.1) is 11.2 Å². The monoisotopic (exact) mass is 378 g/mol. The summed E-state index contributed by atoms with van der Waals surface area (Å²) in [5.74, 6) is -0.324. The van der Waals surface area contributed by atoms with Gasteiger partial charge in [0.1, 0.15) is 11.6 Å². The molecule has 0 radical (unpaired) electrons. The van der Waals surface area contributed by atoms with E-state index in [-0.39, 0.29) is 28.9 Å². The van der Waals surface area contributed by atoms with E-state index >= 15 is 0 Å². The molecule has 1 aromatic carbocycles. The van der Waals surface area contributed by atoms with Crippen LogP contribution < -0.4 is 10.5 Å². The van der Waals surface area contributed by atoms with Crippen molar-refractivity contribution in [1.29, 1.82) is 5.26 Å². The Morgan fingerprint density at radius 2 is 1.86 bits per heavy atom. The fourth-order valence-corrected chi connectivity index (χ4v) is 4.36. The number of carbonyl (C=O) groups excluding carboxylic acids is 2. The highest BCUT2D eigenvalue weighted by atomic mass is 16.2. The number of pyridine rings is 1. The molecule has 0 bridgehead atoms. The lowest BCUT2D eigenvalue weighted by Gasteiger charge is -2.35. The second-order valence-corrected chi connectivity index (χ2v) is 7.47. The van der Waals surface area contributed by atoms with Crippen molar-refractivity contribution in [2.45, 2.75) is 25.7 Å². The third-order valence-electron chi connectivity index (χ3n) is 5.89. The van der Waals surface area contributed by atoms with Crippen molar-refractivity contribution in [3.05, 3.63) is 40.2 Å². The number of amides is 2. The number of fused-ring (bicyclic) bond motifs is 1. The number of nitriles is 1. The van der Waals surface area contributed by atoms with Crippen molar-refractivity contribution >= 4 is 28.4 Å². The molecule has 0 unspecified atom stereocenters. The quantitative estimate of drug-likeness (QED) is 0.744. The van der Waals surface area contributed by atoms with Gasteiger partial charge in [-0.25, -0.2) is 0 Å². The van der Waals surface area contributed by atoms with Crippen LogP contribution in [0.3, 0.4) is 0 Å². The summed E-state index contributed by atoms with van der Waals surface area (Å²) in [5.41, 5.74) is 1.27. The lowest BCUT2D eigenvalue weighted by molar-refractivity contribution is -0.145. The van der Waals surface area contributed by atoms with E-state index in [4.69, 9.17) is 0 Å². The van der Waals surface area contributed by atoms with Crippen LogP contribution in [-0.2, 0) is 16.6 Å². The smallest absolute Gasteiger partial charge is 0.270 e. The second-order valence-electron chi connectivity index (χ2n) is 7.47. The molecule has 0 N–H and O–H groups in total. The van der Waals surface area contributed by atoms with E-state index < -0.39 is 0 Å². The topological polar surface area (TPSA) is 86.4 Å². The molecule has 0 spiro atoms. The third kappa shape index (κ3) is 2.85. The Labute approximate surface area is 162 Å². The minimum atomic E-state index is -0.308. The number of imide groups is 1. The Balaban J connectivity index is 1.64. The van der Waals surface area contributed by atoms with Crippen LogP contribution in [0.4, 0.5) is 5.69 Å². The number of rotatable bonds is 2. The van der Waals surface area contributed by atoms with Crippen LogP contribution in [0.1, 0.15) is 31.2 Å². The Bertz CT molecular complexity index is 1060. The van der Waals surface area contributed by atoms with Crippen molar-refractivity contribution < 1.29 is 9.59 Å². The van der Waals surface area contributed by atoms with Gasteiger partial charge < -0.3 is 9.47 Å². The van der Waals surface area contributed by atoms with Crippen LogP contribution in [0.25, 0.3) is 10.9 Å². The fourth-order valence-electron chi connectivity index (χ4n) is 4.36. The number of piperidine rings is 1. The van der Waals surface area contributed by atoms with Crippen LogP contribution >= 0.6 is 0 Å². The van der Waals surface area contributed by atoms with Gasteiger partial charge in [-0.15, -0.1) is 0 Å². The molecular formula is C21H22N4O3. The average molecular weight is 378 g/mol. The van der Waals surface area contributed by atoms with Gasteiger partial charge >= 0.3 is 0 Å². The largest absolute Gasteiger partial charge is 0.370 e. The second kappa shape index (κ2) is 7.12. The predicted molar refractivity (Wildman–Crippen MR) is 105 cm³/mol. The maximum Gasteiger partial charge on any atom is 0.270 e. The molecule has 0 saturated carbocycles. The molecule has 2 fully saturated rings. The Hall–Kier alpha value is -3.14. The maximum atomic E-state index is 12.7. The zero-order valence-corrected chi connectivity index (χ0v) is 15.9. The highest BCUT2D eigenvalue weighted by Crippen LogP contribution is 2.32. The van der Waals surface area contributed by atoms with Gasteiger partial charge in [0.25, 0.3) is 5.56 Å². The van der Waals surface area contributed by atoms with E-state index in [0.717, 1.165) is 17.3 Å². The summed E-state index contributed by atoms with van der Waals surface area (Å²) < 4.78 is 1.51. The normalized spacial score (nSPS) is 17.9. The van der Waals surface area contributed by atoms with Crippen molar-refractivity contribution in [3.8, 4) is 6.07 Å². The van der Waals surface area contributed by atoms with Crippen LogP contribution in [0.15, 0.2) is 29.1 Å². The number of likely N-dealkylation sites (tertiary alicyclic amines) is 1. The molecule has 28 heavy (non-hydrogen) atoms. The van der Waals surface area contributed by atoms with E-state index in [9.17, 15) is 19.6 Å². The minimum Gasteiger partial charge on any atom is -0.370 e. The van der Waals surface area contributed by atoms with E-state index in [1.165, 1.54) is 9.47 Å². The first-order valence-corrected chi connectivity index (χ1v) is 9.64. The van der Waals surface area contributed by atoms with E-state index in [2.05, 4.69) is 6.07 Å². The van der Waals surface area contributed by atoms with Gasteiger partial charge in [-0.1, -0.05) is 18.2 Å². The van der Waals surface area contributed by atoms with Crippen LogP contribution in [-0.4, -0.2) is 40.9 Å². The van der Waals surface area contributed by atoms with Crippen molar-refractivity contribution in [2.75, 3.05) is 24.5 Å². The van der Waals surface area contributed by atoms with Gasteiger partial charge in [0, 0.05) is 44.4 Å². The van der Waals surface area contributed by atoms with Gasteiger partial charge in [-0.05, 0) is 25.3 Å². The fraction of sp³-hybridized carbons (Fsp3) is 0.429. The summed E-state index contributed by atoms with van der Waals surface area (Å²) in [6, 6.07) is 9.64. The number of nitrogens with zero attached hydrogens (tertiary/aromatic N) is 4. The van der Waals surface area contributed by atoms with Crippen LogP contribution in [0.5, 0.6) is 0 Å². The zero-order chi connectivity index (χ0) is 19.8. The third-order valence-corrected chi connectivity index (χ3v) is 5.89. The SMILES string of the molecule is Cn1c(=O)c(C#N)c(N2CCC(C(=O)N3CCCC3=O)CC2)c2ccccc21. The lowest BCUT2D eigenvalue weighted by atomic mass is 9.94. The molecule has 7 nitrogen and oxygen atoms in total. The Morgan fingerprint density at radius 3 is 2.50 bits per heavy atom. The number of anilines is 1. The molecule has 0 aliphatic carbocycles. The first-order chi connectivity index (χ1) is 13.5. The van der Waals surface area contributed by atoms with Crippen molar-refractivity contribution in [1.82, 2.24) is 9.47 Å². The standard InChI is InChI=1S/C21H22N4O3/c1-23-17-6-3-2-5-15(17)19(16(13-22)21(23)28)24-11-8-14(9-12-24)20(27)25-10-4-7-18(25)26/h2-3,5-6,14H,4,7-12H2,1H3. The molecular weight excluding hydrogens is 356 g/mol. The minimum absolute atomic E-state index is 0.0725. The number of hydrogen-bond acceptors (Lipinski definition) is 5. The highest BCUT2D eigenvalue weighted by molar-refractivity contribution is 5.98. The molecule has 0 atom stereocenters. The zero-order valence-electron chi connectivity index (χ0n) is 15.9. The van der Waals surface area contributed by atoms with Gasteiger partial charge in [-0.3, -0.25) is 19.3 Å². The highest BCUT2D eigenvalue weighted by Gasteiger charge is 2.34.